The topological polar surface area (TPSA) is 43.4 Å². The van der Waals surface area contributed by atoms with E-state index in [0.29, 0.717) is 5.75 Å². The molecule has 3 nitrogen and oxygen atoms in total. The summed E-state index contributed by atoms with van der Waals surface area (Å²) in [5.74, 6) is 0.114. The van der Waals surface area contributed by atoms with Crippen molar-refractivity contribution in [3.63, 3.8) is 0 Å². The summed E-state index contributed by atoms with van der Waals surface area (Å²) in [7, 11) is 0.439. The van der Waals surface area contributed by atoms with Gasteiger partial charge < -0.3 is 4.74 Å². The Morgan fingerprint density at radius 2 is 2.09 bits per heavy atom. The number of rotatable bonds is 4. The standard InChI is InChI=1S/C7H14O3S/c1-6(2)11(9)5-4-7(8)10-3/h6H,4-5H2,1-3H3. The lowest BCUT2D eigenvalue weighted by molar-refractivity contribution is -0.140. The minimum Gasteiger partial charge on any atom is -0.469 e. The van der Waals surface area contributed by atoms with Gasteiger partial charge in [0.05, 0.1) is 13.5 Å². The zero-order valence-electron chi connectivity index (χ0n) is 7.12. The third kappa shape index (κ3) is 4.95. The van der Waals surface area contributed by atoms with Gasteiger partial charge >= 0.3 is 5.97 Å². The Morgan fingerprint density at radius 1 is 1.55 bits per heavy atom. The molecule has 0 saturated carbocycles. The molecule has 0 aliphatic carbocycles. The molecule has 0 amide bonds. The molecule has 0 N–H and O–H groups in total. The number of methoxy groups -OCH3 is 1. The molecular formula is C7H14O3S. The summed E-state index contributed by atoms with van der Waals surface area (Å²) in [6.07, 6.45) is 0.251. The van der Waals surface area contributed by atoms with Crippen molar-refractivity contribution in [3.8, 4) is 0 Å². The van der Waals surface area contributed by atoms with Crippen LogP contribution in [0, 0.1) is 0 Å². The van der Waals surface area contributed by atoms with Crippen LogP contribution in [0.15, 0.2) is 0 Å². The van der Waals surface area contributed by atoms with Crippen LogP contribution in [0.25, 0.3) is 0 Å². The minimum absolute atomic E-state index is 0.125. The fraction of sp³-hybridized carbons (Fsp3) is 0.857. The lowest BCUT2D eigenvalue weighted by Crippen LogP contribution is -2.13. The molecule has 0 saturated heterocycles. The van der Waals surface area contributed by atoms with Crippen LogP contribution < -0.4 is 0 Å². The average Bonchev–Trinajstić information content (AvgIpc) is 1.99. The second-order valence-electron chi connectivity index (χ2n) is 2.46. The molecule has 4 heteroatoms. The van der Waals surface area contributed by atoms with Gasteiger partial charge in [0.1, 0.15) is 0 Å². The maximum absolute atomic E-state index is 11.1. The quantitative estimate of drug-likeness (QED) is 0.595. The highest BCUT2D eigenvalue weighted by Gasteiger charge is 2.07. The number of carbonyl (C=O) groups excluding carboxylic acids is 1. The van der Waals surface area contributed by atoms with Crippen molar-refractivity contribution in [2.24, 2.45) is 0 Å². The number of esters is 1. The van der Waals surface area contributed by atoms with Crippen molar-refractivity contribution in [1.82, 2.24) is 0 Å². The summed E-state index contributed by atoms with van der Waals surface area (Å²) >= 11 is 0. The minimum atomic E-state index is -0.895. The van der Waals surface area contributed by atoms with Crippen LogP contribution in [0.1, 0.15) is 20.3 Å². The highest BCUT2D eigenvalue weighted by atomic mass is 32.2. The van der Waals surface area contributed by atoms with E-state index in [1.54, 1.807) is 0 Å². The SMILES string of the molecule is COC(=O)CCS(=O)C(C)C. The van der Waals surface area contributed by atoms with Crippen LogP contribution in [0.5, 0.6) is 0 Å². The fourth-order valence-corrected chi connectivity index (χ4v) is 1.36. The number of carbonyl (C=O) groups is 1. The maximum atomic E-state index is 11.1. The van der Waals surface area contributed by atoms with Gasteiger partial charge in [0.2, 0.25) is 0 Å². The zero-order chi connectivity index (χ0) is 8.85. The highest BCUT2D eigenvalue weighted by molar-refractivity contribution is 7.85. The lowest BCUT2D eigenvalue weighted by atomic mass is 10.5. The summed E-state index contributed by atoms with van der Waals surface area (Å²) in [6.45, 7) is 3.74. The number of hydrogen-bond donors (Lipinski definition) is 0. The molecule has 0 radical (unpaired) electrons. The van der Waals surface area contributed by atoms with E-state index in [1.807, 2.05) is 13.8 Å². The number of ether oxygens (including phenoxy) is 1. The Labute approximate surface area is 69.6 Å². The second-order valence-corrected chi connectivity index (χ2v) is 4.57. The highest BCUT2D eigenvalue weighted by Crippen LogP contribution is 1.97. The van der Waals surface area contributed by atoms with Crippen molar-refractivity contribution in [2.45, 2.75) is 25.5 Å². The summed E-state index contributed by atoms with van der Waals surface area (Å²) in [5.41, 5.74) is 0. The first-order valence-electron chi connectivity index (χ1n) is 3.52. The van der Waals surface area contributed by atoms with Gasteiger partial charge in [0.15, 0.2) is 0 Å². The Morgan fingerprint density at radius 3 is 2.45 bits per heavy atom. The van der Waals surface area contributed by atoms with Gasteiger partial charge in [-0.1, -0.05) is 13.8 Å². The molecule has 0 aromatic rings. The first kappa shape index (κ1) is 10.6. The normalized spacial score (nSPS) is 13.1. The van der Waals surface area contributed by atoms with Gasteiger partial charge in [0, 0.05) is 21.8 Å². The van der Waals surface area contributed by atoms with Crippen LogP contribution >= 0.6 is 0 Å². The van der Waals surface area contributed by atoms with Crippen molar-refractivity contribution in [1.29, 1.82) is 0 Å². The van der Waals surface area contributed by atoms with Gasteiger partial charge in [-0.05, 0) is 0 Å². The van der Waals surface area contributed by atoms with Crippen LogP contribution in [0.2, 0.25) is 0 Å². The van der Waals surface area contributed by atoms with Gasteiger partial charge in [-0.25, -0.2) is 0 Å². The van der Waals surface area contributed by atoms with Crippen molar-refractivity contribution in [3.05, 3.63) is 0 Å². The molecule has 66 valence electrons. The van der Waals surface area contributed by atoms with Crippen molar-refractivity contribution in [2.75, 3.05) is 12.9 Å². The Balaban J connectivity index is 3.54. The molecule has 0 aromatic carbocycles. The molecule has 1 atom stereocenters. The van der Waals surface area contributed by atoms with E-state index >= 15 is 0 Å². The maximum Gasteiger partial charge on any atom is 0.306 e. The third-order valence-corrected chi connectivity index (χ3v) is 2.92. The molecule has 0 aromatic heterocycles. The lowest BCUT2D eigenvalue weighted by Gasteiger charge is -2.03. The smallest absolute Gasteiger partial charge is 0.306 e. The molecule has 0 fully saturated rings. The van der Waals surface area contributed by atoms with E-state index in [4.69, 9.17) is 0 Å². The van der Waals surface area contributed by atoms with E-state index in [0.717, 1.165) is 0 Å². The molecule has 1 unspecified atom stereocenters. The van der Waals surface area contributed by atoms with Gasteiger partial charge in [-0.2, -0.15) is 0 Å². The van der Waals surface area contributed by atoms with Crippen LogP contribution in [-0.4, -0.2) is 28.3 Å². The van der Waals surface area contributed by atoms with E-state index in [9.17, 15) is 9.00 Å². The van der Waals surface area contributed by atoms with Crippen LogP contribution in [0.3, 0.4) is 0 Å². The molecular weight excluding hydrogens is 164 g/mol. The molecule has 0 aliphatic heterocycles. The van der Waals surface area contributed by atoms with Crippen LogP contribution in [0.4, 0.5) is 0 Å². The second kappa shape index (κ2) is 5.29. The molecule has 0 bridgehead atoms. The Bertz CT molecular complexity index is 154. The van der Waals surface area contributed by atoms with E-state index in [1.165, 1.54) is 7.11 Å². The van der Waals surface area contributed by atoms with E-state index < -0.39 is 10.8 Å². The molecule has 0 rings (SSSR count). The molecule has 0 heterocycles. The molecule has 0 spiro atoms. The molecule has 0 aliphatic rings. The Kier molecular flexibility index (Phi) is 5.11. The van der Waals surface area contributed by atoms with Crippen molar-refractivity contribution >= 4 is 16.8 Å². The zero-order valence-corrected chi connectivity index (χ0v) is 7.94. The van der Waals surface area contributed by atoms with Crippen molar-refractivity contribution < 1.29 is 13.7 Å². The number of hydrogen-bond acceptors (Lipinski definition) is 3. The van der Waals surface area contributed by atoms with E-state index in [-0.39, 0.29) is 17.6 Å². The largest absolute Gasteiger partial charge is 0.469 e. The summed E-state index contributed by atoms with van der Waals surface area (Å²) in [5, 5.41) is 0.125. The average molecular weight is 178 g/mol. The first-order chi connectivity index (χ1) is 5.07. The predicted octanol–water partition coefficient (Wildman–Crippen LogP) is 0.707. The first-order valence-corrected chi connectivity index (χ1v) is 4.90. The van der Waals surface area contributed by atoms with E-state index in [2.05, 4.69) is 4.74 Å². The van der Waals surface area contributed by atoms with Gasteiger partial charge in [-0.15, -0.1) is 0 Å². The summed E-state index contributed by atoms with van der Waals surface area (Å²) in [4.78, 5) is 10.6. The fourth-order valence-electron chi connectivity index (χ4n) is 0.522. The monoisotopic (exact) mass is 178 g/mol. The summed E-state index contributed by atoms with van der Waals surface area (Å²) < 4.78 is 15.5. The summed E-state index contributed by atoms with van der Waals surface area (Å²) in [6, 6.07) is 0. The van der Waals surface area contributed by atoms with Gasteiger partial charge in [0.25, 0.3) is 0 Å². The third-order valence-electron chi connectivity index (χ3n) is 1.26. The molecule has 11 heavy (non-hydrogen) atoms. The van der Waals surface area contributed by atoms with Crippen LogP contribution in [-0.2, 0) is 20.3 Å². The predicted molar refractivity (Wildman–Crippen MR) is 44.8 cm³/mol. The Hall–Kier alpha value is -0.380. The van der Waals surface area contributed by atoms with Gasteiger partial charge in [-0.3, -0.25) is 9.00 Å².